The van der Waals surface area contributed by atoms with Crippen molar-refractivity contribution in [2.45, 2.75) is 68.5 Å². The number of hydrogen-bond acceptors (Lipinski definition) is 4. The molecule has 2 heterocycles. The monoisotopic (exact) mass is 449 g/mol. The minimum absolute atomic E-state index is 0.0548. The Morgan fingerprint density at radius 2 is 1.88 bits per heavy atom. The molecule has 1 aromatic heterocycles. The Kier molecular flexibility index (Phi) is 5.97. The molecule has 2 aliphatic carbocycles. The smallest absolute Gasteiger partial charge is 0.258 e. The summed E-state index contributed by atoms with van der Waals surface area (Å²) in [6, 6.07) is 8.38. The number of allylic oxidation sites excluding steroid dienone is 1. The van der Waals surface area contributed by atoms with Gasteiger partial charge in [0.2, 0.25) is 5.91 Å². The number of rotatable bonds is 5. The molecule has 168 valence electrons. The Balaban J connectivity index is 1.57. The van der Waals surface area contributed by atoms with Crippen LogP contribution >= 0.6 is 11.8 Å². The molecule has 1 aromatic carbocycles. The van der Waals surface area contributed by atoms with E-state index >= 15 is 0 Å². The number of thioether (sulfide) groups is 1. The van der Waals surface area contributed by atoms with Crippen molar-refractivity contribution in [2.24, 2.45) is 0 Å². The van der Waals surface area contributed by atoms with E-state index in [0.717, 1.165) is 74.9 Å². The van der Waals surface area contributed by atoms with Gasteiger partial charge < -0.3 is 4.90 Å². The average molecular weight is 450 g/mol. The summed E-state index contributed by atoms with van der Waals surface area (Å²) in [7, 11) is 0. The van der Waals surface area contributed by atoms with Crippen molar-refractivity contribution in [3.05, 3.63) is 58.4 Å². The normalized spacial score (nSPS) is 18.9. The first kappa shape index (κ1) is 21.5. The van der Waals surface area contributed by atoms with Crippen molar-refractivity contribution < 1.29 is 4.79 Å². The Hall–Kier alpha value is -2.34. The van der Waals surface area contributed by atoms with Crippen LogP contribution in [0.15, 0.2) is 46.9 Å². The molecular weight excluding hydrogens is 418 g/mol. The summed E-state index contributed by atoms with van der Waals surface area (Å²) in [5.41, 5.74) is 4.04. The third kappa shape index (κ3) is 3.72. The standard InChI is InChI=1S/C26H31N3O2S/c1-2-14-29-24(31)22-23(27-25(29)32-18-21(30)28-15-8-3-9-16-28)20-11-5-4-10-19(20)17-26(22)12-6-7-13-26/h2,4-5,10-11H,1,3,6-9,12-18H2. The van der Waals surface area contributed by atoms with Crippen molar-refractivity contribution in [1.29, 1.82) is 0 Å². The molecule has 0 radical (unpaired) electrons. The summed E-state index contributed by atoms with van der Waals surface area (Å²) in [6.45, 7) is 5.97. The third-order valence-corrected chi connectivity index (χ3v) is 8.33. The Bertz CT molecular complexity index is 1090. The van der Waals surface area contributed by atoms with Crippen LogP contribution in [0.3, 0.4) is 0 Å². The van der Waals surface area contributed by atoms with Gasteiger partial charge in [0.15, 0.2) is 5.16 Å². The fourth-order valence-corrected chi connectivity index (χ4v) is 6.71. The Labute approximate surface area is 193 Å². The third-order valence-electron chi connectivity index (χ3n) is 7.37. The van der Waals surface area contributed by atoms with Gasteiger partial charge in [-0.15, -0.1) is 6.58 Å². The molecule has 1 saturated heterocycles. The van der Waals surface area contributed by atoms with Crippen molar-refractivity contribution in [3.8, 4) is 11.3 Å². The van der Waals surface area contributed by atoms with E-state index in [1.165, 1.54) is 23.7 Å². The number of carbonyl (C=O) groups is 1. The molecule has 0 atom stereocenters. The van der Waals surface area contributed by atoms with Crippen LogP contribution in [-0.4, -0.2) is 39.2 Å². The van der Waals surface area contributed by atoms with Crippen LogP contribution < -0.4 is 5.56 Å². The lowest BCUT2D eigenvalue weighted by atomic mass is 9.68. The Morgan fingerprint density at radius 1 is 1.12 bits per heavy atom. The van der Waals surface area contributed by atoms with E-state index < -0.39 is 0 Å². The van der Waals surface area contributed by atoms with Crippen LogP contribution in [0.25, 0.3) is 11.3 Å². The Morgan fingerprint density at radius 3 is 2.62 bits per heavy atom. The van der Waals surface area contributed by atoms with Crippen LogP contribution in [0.1, 0.15) is 56.1 Å². The fraction of sp³-hybridized carbons (Fsp3) is 0.500. The van der Waals surface area contributed by atoms with Gasteiger partial charge in [-0.3, -0.25) is 14.2 Å². The number of hydrogen-bond donors (Lipinski definition) is 0. The topological polar surface area (TPSA) is 55.2 Å². The quantitative estimate of drug-likeness (QED) is 0.381. The summed E-state index contributed by atoms with van der Waals surface area (Å²) in [5, 5.41) is 0.629. The van der Waals surface area contributed by atoms with Crippen molar-refractivity contribution in [1.82, 2.24) is 14.5 Å². The van der Waals surface area contributed by atoms with Gasteiger partial charge in [-0.05, 0) is 44.1 Å². The molecule has 2 fully saturated rings. The van der Waals surface area contributed by atoms with E-state index in [4.69, 9.17) is 4.98 Å². The first-order valence-corrected chi connectivity index (χ1v) is 12.9. The van der Waals surface area contributed by atoms with E-state index in [0.29, 0.717) is 17.5 Å². The summed E-state index contributed by atoms with van der Waals surface area (Å²) in [5.74, 6) is 0.453. The van der Waals surface area contributed by atoms with Crippen molar-refractivity contribution in [2.75, 3.05) is 18.8 Å². The minimum Gasteiger partial charge on any atom is -0.342 e. The highest BCUT2D eigenvalue weighted by Crippen LogP contribution is 2.49. The number of benzene rings is 1. The predicted octanol–water partition coefficient (Wildman–Crippen LogP) is 4.57. The molecule has 0 unspecified atom stereocenters. The van der Waals surface area contributed by atoms with Crippen molar-refractivity contribution >= 4 is 17.7 Å². The van der Waals surface area contributed by atoms with E-state index in [9.17, 15) is 9.59 Å². The van der Waals surface area contributed by atoms with Gasteiger partial charge in [0.25, 0.3) is 5.56 Å². The van der Waals surface area contributed by atoms with E-state index in [1.54, 1.807) is 10.6 Å². The van der Waals surface area contributed by atoms with Gasteiger partial charge >= 0.3 is 0 Å². The molecule has 0 N–H and O–H groups in total. The van der Waals surface area contributed by atoms with E-state index in [2.05, 4.69) is 24.8 Å². The second kappa shape index (κ2) is 8.89. The summed E-state index contributed by atoms with van der Waals surface area (Å²) in [6.07, 6.45) is 10.4. The molecule has 1 spiro atoms. The van der Waals surface area contributed by atoms with Crippen molar-refractivity contribution in [3.63, 3.8) is 0 Å². The number of likely N-dealkylation sites (tertiary alicyclic amines) is 1. The van der Waals surface area contributed by atoms with Gasteiger partial charge in [-0.2, -0.15) is 0 Å². The van der Waals surface area contributed by atoms with Crippen LogP contribution in [-0.2, 0) is 23.2 Å². The van der Waals surface area contributed by atoms with E-state index in [1.807, 2.05) is 11.0 Å². The molecule has 32 heavy (non-hydrogen) atoms. The number of fused-ring (bicyclic) bond motifs is 4. The molecule has 5 nitrogen and oxygen atoms in total. The molecule has 0 bridgehead atoms. The van der Waals surface area contributed by atoms with Gasteiger partial charge in [0.1, 0.15) is 0 Å². The number of nitrogens with zero attached hydrogens (tertiary/aromatic N) is 3. The van der Waals surface area contributed by atoms with Gasteiger partial charge in [0.05, 0.1) is 17.0 Å². The lowest BCUT2D eigenvalue weighted by Gasteiger charge is -2.36. The average Bonchev–Trinajstić information content (AvgIpc) is 3.28. The van der Waals surface area contributed by atoms with Crippen LogP contribution in [0.5, 0.6) is 0 Å². The maximum atomic E-state index is 13.9. The largest absolute Gasteiger partial charge is 0.342 e. The van der Waals surface area contributed by atoms with Crippen LogP contribution in [0.2, 0.25) is 0 Å². The zero-order valence-corrected chi connectivity index (χ0v) is 19.5. The lowest BCUT2D eigenvalue weighted by Crippen LogP contribution is -2.40. The second-order valence-corrected chi connectivity index (χ2v) is 10.3. The zero-order chi connectivity index (χ0) is 22.1. The molecule has 1 amide bonds. The highest BCUT2D eigenvalue weighted by molar-refractivity contribution is 7.99. The SMILES string of the molecule is C=CCn1c(SCC(=O)N2CCCCC2)nc2c(c1=O)C1(CCCC1)Cc1ccccc1-2. The first-order chi connectivity index (χ1) is 15.6. The molecule has 3 aliphatic rings. The van der Waals surface area contributed by atoms with Gasteiger partial charge in [-0.1, -0.05) is 54.9 Å². The van der Waals surface area contributed by atoms with Crippen LogP contribution in [0, 0.1) is 0 Å². The summed E-state index contributed by atoms with van der Waals surface area (Å²) < 4.78 is 1.74. The number of aromatic nitrogens is 2. The highest BCUT2D eigenvalue weighted by Gasteiger charge is 2.44. The van der Waals surface area contributed by atoms with Crippen LogP contribution in [0.4, 0.5) is 0 Å². The maximum Gasteiger partial charge on any atom is 0.258 e. The fourth-order valence-electron chi connectivity index (χ4n) is 5.81. The van der Waals surface area contributed by atoms with Gasteiger partial charge in [-0.25, -0.2) is 4.98 Å². The highest BCUT2D eigenvalue weighted by atomic mass is 32.2. The lowest BCUT2D eigenvalue weighted by molar-refractivity contribution is -0.129. The predicted molar refractivity (Wildman–Crippen MR) is 129 cm³/mol. The maximum absolute atomic E-state index is 13.9. The molecule has 1 saturated carbocycles. The first-order valence-electron chi connectivity index (χ1n) is 11.9. The number of piperidine rings is 1. The second-order valence-electron chi connectivity index (χ2n) is 9.37. The molecule has 5 rings (SSSR count). The summed E-state index contributed by atoms with van der Waals surface area (Å²) >= 11 is 1.39. The van der Waals surface area contributed by atoms with E-state index in [-0.39, 0.29) is 16.9 Å². The minimum atomic E-state index is -0.108. The zero-order valence-electron chi connectivity index (χ0n) is 18.6. The van der Waals surface area contributed by atoms with Gasteiger partial charge in [0, 0.05) is 30.6 Å². The molecular formula is C26H31N3O2S. The number of amides is 1. The molecule has 1 aliphatic heterocycles. The molecule has 6 heteroatoms. The molecule has 2 aromatic rings. The summed E-state index contributed by atoms with van der Waals surface area (Å²) in [4.78, 5) is 33.7. The number of carbonyl (C=O) groups excluding carboxylic acids is 1.